The third-order valence-electron chi connectivity index (χ3n) is 1.98. The summed E-state index contributed by atoms with van der Waals surface area (Å²) in [4.78, 5) is 11.6. The zero-order chi connectivity index (χ0) is 12.3. The first-order chi connectivity index (χ1) is 7.35. The van der Waals surface area contributed by atoms with Gasteiger partial charge in [-0.05, 0) is 25.1 Å². The van der Waals surface area contributed by atoms with Crippen LogP contribution in [0.1, 0.15) is 6.92 Å². The van der Waals surface area contributed by atoms with Crippen molar-refractivity contribution < 1.29 is 9.90 Å². The molecule has 0 spiro atoms. The molecule has 1 unspecified atom stereocenters. The van der Waals surface area contributed by atoms with Gasteiger partial charge in [0.25, 0.3) is 5.91 Å². The quantitative estimate of drug-likeness (QED) is 0.821. The molecule has 0 saturated heterocycles. The number of rotatable bonds is 3. The van der Waals surface area contributed by atoms with E-state index in [9.17, 15) is 9.90 Å². The summed E-state index contributed by atoms with van der Waals surface area (Å²) < 4.78 is 0. The maximum atomic E-state index is 11.6. The Morgan fingerprint density at radius 2 is 1.94 bits per heavy atom. The van der Waals surface area contributed by atoms with Gasteiger partial charge in [0.05, 0.1) is 0 Å². The number of hydrogen-bond donors (Lipinski definition) is 2. The Hall–Kier alpha value is -1.03. The summed E-state index contributed by atoms with van der Waals surface area (Å²) >= 11 is 11.5. The van der Waals surface area contributed by atoms with Crippen LogP contribution < -0.4 is 5.32 Å². The van der Waals surface area contributed by atoms with E-state index in [-0.39, 0.29) is 0 Å². The molecule has 1 aromatic rings. The Morgan fingerprint density at radius 1 is 1.44 bits per heavy atom. The maximum absolute atomic E-state index is 11.6. The van der Waals surface area contributed by atoms with Crippen molar-refractivity contribution in [2.45, 2.75) is 12.5 Å². The first-order valence-electron chi connectivity index (χ1n) is 4.48. The lowest BCUT2D eigenvalue weighted by atomic mass is 10.1. The third kappa shape index (κ3) is 3.23. The average Bonchev–Trinajstić information content (AvgIpc) is 2.15. The Labute approximate surface area is 104 Å². The number of benzene rings is 1. The molecule has 1 aromatic carbocycles. The minimum Gasteiger partial charge on any atom is -0.376 e. The lowest BCUT2D eigenvalue weighted by Crippen LogP contribution is -2.37. The van der Waals surface area contributed by atoms with E-state index in [1.54, 1.807) is 6.07 Å². The number of carbonyl (C=O) groups excluding carboxylic acids is 1. The van der Waals surface area contributed by atoms with Crippen LogP contribution in [0.3, 0.4) is 0 Å². The molecule has 0 bridgehead atoms. The maximum Gasteiger partial charge on any atom is 0.260 e. The van der Waals surface area contributed by atoms with Gasteiger partial charge in [0, 0.05) is 15.7 Å². The lowest BCUT2D eigenvalue weighted by molar-refractivity contribution is -0.128. The van der Waals surface area contributed by atoms with Gasteiger partial charge in [-0.25, -0.2) is 0 Å². The fourth-order valence-electron chi connectivity index (χ4n) is 0.976. The summed E-state index contributed by atoms with van der Waals surface area (Å²) in [6.45, 7) is 4.70. The van der Waals surface area contributed by atoms with Gasteiger partial charge in [-0.3, -0.25) is 4.79 Å². The molecule has 0 aliphatic carbocycles. The predicted octanol–water partition coefficient (Wildman–Crippen LogP) is 2.87. The fourth-order valence-corrected chi connectivity index (χ4v) is 1.50. The molecule has 86 valence electrons. The van der Waals surface area contributed by atoms with Crippen molar-refractivity contribution in [1.29, 1.82) is 0 Å². The SMILES string of the molecule is C=CC(C)(O)C(=O)Nc1cc(Cl)cc(Cl)c1. The Bertz CT molecular complexity index is 410. The summed E-state index contributed by atoms with van der Waals surface area (Å²) in [7, 11) is 0. The van der Waals surface area contributed by atoms with Crippen LogP contribution in [0.4, 0.5) is 5.69 Å². The van der Waals surface area contributed by atoms with Crippen molar-refractivity contribution >= 4 is 34.8 Å². The van der Waals surface area contributed by atoms with E-state index < -0.39 is 11.5 Å². The van der Waals surface area contributed by atoms with Gasteiger partial charge in [-0.2, -0.15) is 0 Å². The van der Waals surface area contributed by atoms with Crippen molar-refractivity contribution in [2.24, 2.45) is 0 Å². The molecule has 0 saturated carbocycles. The van der Waals surface area contributed by atoms with Crippen molar-refractivity contribution in [2.75, 3.05) is 5.32 Å². The normalized spacial score (nSPS) is 14.0. The van der Waals surface area contributed by atoms with Crippen LogP contribution in [0.5, 0.6) is 0 Å². The van der Waals surface area contributed by atoms with E-state index in [4.69, 9.17) is 23.2 Å². The second kappa shape index (κ2) is 4.87. The van der Waals surface area contributed by atoms with Gasteiger partial charge in [-0.15, -0.1) is 0 Å². The largest absolute Gasteiger partial charge is 0.376 e. The number of hydrogen-bond acceptors (Lipinski definition) is 2. The van der Waals surface area contributed by atoms with E-state index in [0.29, 0.717) is 15.7 Å². The summed E-state index contributed by atoms with van der Waals surface area (Å²) in [5, 5.41) is 12.9. The molecular formula is C11H11Cl2NO2. The predicted molar refractivity (Wildman–Crippen MR) is 65.9 cm³/mol. The van der Waals surface area contributed by atoms with Crippen molar-refractivity contribution in [3.8, 4) is 0 Å². The minimum atomic E-state index is -1.63. The second-order valence-corrected chi connectivity index (χ2v) is 4.34. The zero-order valence-electron chi connectivity index (χ0n) is 8.63. The molecule has 1 atom stereocenters. The standard InChI is InChI=1S/C11H11Cl2NO2/c1-3-11(2,16)10(15)14-9-5-7(12)4-8(13)6-9/h3-6,16H,1H2,2H3,(H,14,15). The van der Waals surface area contributed by atoms with Crippen molar-refractivity contribution in [1.82, 2.24) is 0 Å². The molecule has 2 N–H and O–H groups in total. The van der Waals surface area contributed by atoms with Crippen LogP contribution in [0.25, 0.3) is 0 Å². The number of carbonyl (C=O) groups is 1. The van der Waals surface area contributed by atoms with E-state index in [0.717, 1.165) is 6.08 Å². The molecule has 0 aliphatic rings. The number of anilines is 1. The van der Waals surface area contributed by atoms with Gasteiger partial charge in [0.2, 0.25) is 0 Å². The Balaban J connectivity index is 2.89. The topological polar surface area (TPSA) is 49.3 Å². The molecule has 0 radical (unpaired) electrons. The summed E-state index contributed by atoms with van der Waals surface area (Å²) in [5.74, 6) is -0.596. The van der Waals surface area contributed by atoms with E-state index >= 15 is 0 Å². The van der Waals surface area contributed by atoms with E-state index in [2.05, 4.69) is 11.9 Å². The van der Waals surface area contributed by atoms with Crippen molar-refractivity contribution in [3.05, 3.63) is 40.9 Å². The summed E-state index contributed by atoms with van der Waals surface area (Å²) in [6, 6.07) is 4.61. The van der Waals surface area contributed by atoms with Gasteiger partial charge in [0.1, 0.15) is 0 Å². The minimum absolute atomic E-state index is 0.404. The molecular weight excluding hydrogens is 249 g/mol. The molecule has 0 heterocycles. The van der Waals surface area contributed by atoms with Crippen LogP contribution in [0, 0.1) is 0 Å². The van der Waals surface area contributed by atoms with Gasteiger partial charge >= 0.3 is 0 Å². The monoisotopic (exact) mass is 259 g/mol. The fraction of sp³-hybridized carbons (Fsp3) is 0.182. The Kier molecular flexibility index (Phi) is 3.97. The number of nitrogens with one attached hydrogen (secondary N) is 1. The zero-order valence-corrected chi connectivity index (χ0v) is 10.1. The number of amides is 1. The first-order valence-corrected chi connectivity index (χ1v) is 5.24. The second-order valence-electron chi connectivity index (χ2n) is 3.46. The highest BCUT2D eigenvalue weighted by molar-refractivity contribution is 6.35. The van der Waals surface area contributed by atoms with Crippen LogP contribution in [-0.4, -0.2) is 16.6 Å². The lowest BCUT2D eigenvalue weighted by Gasteiger charge is -2.17. The van der Waals surface area contributed by atoms with Crippen LogP contribution in [-0.2, 0) is 4.79 Å². The third-order valence-corrected chi connectivity index (χ3v) is 2.41. The molecule has 0 aliphatic heterocycles. The van der Waals surface area contributed by atoms with Gasteiger partial charge in [-0.1, -0.05) is 35.9 Å². The van der Waals surface area contributed by atoms with Gasteiger partial charge < -0.3 is 10.4 Å². The molecule has 16 heavy (non-hydrogen) atoms. The Morgan fingerprint density at radius 3 is 2.38 bits per heavy atom. The van der Waals surface area contributed by atoms with Crippen LogP contribution in [0.2, 0.25) is 10.0 Å². The molecule has 1 rings (SSSR count). The first kappa shape index (κ1) is 13.0. The van der Waals surface area contributed by atoms with E-state index in [1.165, 1.54) is 19.1 Å². The molecule has 0 aromatic heterocycles. The highest BCUT2D eigenvalue weighted by atomic mass is 35.5. The number of aliphatic hydroxyl groups is 1. The molecule has 1 amide bonds. The average molecular weight is 260 g/mol. The van der Waals surface area contributed by atoms with Crippen molar-refractivity contribution in [3.63, 3.8) is 0 Å². The van der Waals surface area contributed by atoms with Gasteiger partial charge in [0.15, 0.2) is 5.60 Å². The van der Waals surface area contributed by atoms with Crippen LogP contribution >= 0.6 is 23.2 Å². The molecule has 0 fully saturated rings. The van der Waals surface area contributed by atoms with E-state index in [1.807, 2.05) is 0 Å². The highest BCUT2D eigenvalue weighted by Crippen LogP contribution is 2.23. The van der Waals surface area contributed by atoms with Crippen LogP contribution in [0.15, 0.2) is 30.9 Å². The summed E-state index contributed by atoms with van der Waals surface area (Å²) in [6.07, 6.45) is 1.15. The summed E-state index contributed by atoms with van der Waals surface area (Å²) in [5.41, 5.74) is -1.21. The molecule has 3 nitrogen and oxygen atoms in total. The number of halogens is 2. The smallest absolute Gasteiger partial charge is 0.260 e. The highest BCUT2D eigenvalue weighted by Gasteiger charge is 2.26. The molecule has 5 heteroatoms.